The summed E-state index contributed by atoms with van der Waals surface area (Å²) in [6.45, 7) is 4.20. The summed E-state index contributed by atoms with van der Waals surface area (Å²) in [5.74, 6) is -1.97. The molecule has 0 bridgehead atoms. The zero-order valence-corrected chi connectivity index (χ0v) is 10.3. The Hall–Kier alpha value is -1.63. The molecule has 0 aromatic heterocycles. The minimum absolute atomic E-state index is 0.144. The fourth-order valence-corrected chi connectivity index (χ4v) is 2.38. The number of hydrogen-bond donors (Lipinski definition) is 1. The van der Waals surface area contributed by atoms with Gasteiger partial charge in [-0.3, -0.25) is 4.79 Å². The van der Waals surface area contributed by atoms with Gasteiger partial charge in [0.25, 0.3) is 5.91 Å². The molecule has 0 radical (unpaired) electrons. The number of carboxylic acid groups (broad SMARTS) is 1. The summed E-state index contributed by atoms with van der Waals surface area (Å²) in [5.41, 5.74) is 0. The lowest BCUT2D eigenvalue weighted by atomic mass is 10.0. The number of hydrogen-bond acceptors (Lipinski definition) is 4. The molecule has 0 spiro atoms. The Labute approximate surface area is 104 Å². The molecule has 0 aromatic carbocycles. The van der Waals surface area contributed by atoms with Gasteiger partial charge in [0.15, 0.2) is 0 Å². The van der Waals surface area contributed by atoms with E-state index in [9.17, 15) is 19.5 Å². The van der Waals surface area contributed by atoms with Crippen LogP contribution >= 0.6 is 0 Å². The van der Waals surface area contributed by atoms with E-state index in [0.717, 1.165) is 4.90 Å². The van der Waals surface area contributed by atoms with Crippen LogP contribution in [0.2, 0.25) is 0 Å². The van der Waals surface area contributed by atoms with Crippen molar-refractivity contribution in [2.45, 2.75) is 25.9 Å². The number of morpholine rings is 1. The predicted molar refractivity (Wildman–Crippen MR) is 59.8 cm³/mol. The van der Waals surface area contributed by atoms with Crippen LogP contribution in [0, 0.1) is 5.92 Å². The van der Waals surface area contributed by atoms with Gasteiger partial charge in [-0.2, -0.15) is 0 Å². The second kappa shape index (κ2) is 4.56. The highest BCUT2D eigenvalue weighted by atomic mass is 16.5. The number of rotatable bonds is 3. The first kappa shape index (κ1) is 12.8. The van der Waals surface area contributed by atoms with Gasteiger partial charge in [0.1, 0.15) is 12.1 Å². The fraction of sp³-hybridized carbons (Fsp3) is 0.727. The normalized spacial score (nSPS) is 25.6. The van der Waals surface area contributed by atoms with Crippen LogP contribution in [0.25, 0.3) is 0 Å². The SMILES string of the molecule is CC(C)C(C(=O)O)N1C(=O)C2COCCN2C1=O. The molecule has 7 heteroatoms. The second-order valence-electron chi connectivity index (χ2n) is 4.80. The van der Waals surface area contributed by atoms with Gasteiger partial charge in [0.05, 0.1) is 13.2 Å². The molecule has 18 heavy (non-hydrogen) atoms. The second-order valence-corrected chi connectivity index (χ2v) is 4.80. The number of urea groups is 1. The van der Waals surface area contributed by atoms with Gasteiger partial charge in [-0.25, -0.2) is 14.5 Å². The highest BCUT2D eigenvalue weighted by Crippen LogP contribution is 2.25. The van der Waals surface area contributed by atoms with Crippen LogP contribution in [0.1, 0.15) is 13.8 Å². The lowest BCUT2D eigenvalue weighted by Crippen LogP contribution is -2.48. The summed E-state index contributed by atoms with van der Waals surface area (Å²) >= 11 is 0. The van der Waals surface area contributed by atoms with E-state index in [1.54, 1.807) is 13.8 Å². The van der Waals surface area contributed by atoms with Crippen LogP contribution in [0.3, 0.4) is 0 Å². The zero-order chi connectivity index (χ0) is 13.4. The van der Waals surface area contributed by atoms with E-state index >= 15 is 0 Å². The molecule has 3 amide bonds. The van der Waals surface area contributed by atoms with Crippen molar-refractivity contribution >= 4 is 17.9 Å². The average molecular weight is 256 g/mol. The molecular weight excluding hydrogens is 240 g/mol. The number of carbonyl (C=O) groups excluding carboxylic acids is 2. The van der Waals surface area contributed by atoms with Crippen molar-refractivity contribution in [2.75, 3.05) is 19.8 Å². The van der Waals surface area contributed by atoms with Crippen molar-refractivity contribution in [3.05, 3.63) is 0 Å². The molecule has 2 heterocycles. The Morgan fingerprint density at radius 1 is 1.44 bits per heavy atom. The van der Waals surface area contributed by atoms with E-state index in [1.165, 1.54) is 4.90 Å². The summed E-state index contributed by atoms with van der Waals surface area (Å²) in [4.78, 5) is 37.7. The summed E-state index contributed by atoms with van der Waals surface area (Å²) in [7, 11) is 0. The summed E-state index contributed by atoms with van der Waals surface area (Å²) in [6, 6.07) is -2.29. The number of aliphatic carboxylic acids is 1. The first-order valence-corrected chi connectivity index (χ1v) is 5.89. The topological polar surface area (TPSA) is 87.2 Å². The van der Waals surface area contributed by atoms with Crippen LogP contribution < -0.4 is 0 Å². The van der Waals surface area contributed by atoms with Gasteiger partial charge in [0.2, 0.25) is 0 Å². The van der Waals surface area contributed by atoms with Crippen LogP contribution in [0.5, 0.6) is 0 Å². The summed E-state index contributed by atoms with van der Waals surface area (Å²) in [6.07, 6.45) is 0. The Morgan fingerprint density at radius 2 is 2.11 bits per heavy atom. The van der Waals surface area contributed by atoms with E-state index in [1.807, 2.05) is 0 Å². The third-order valence-electron chi connectivity index (χ3n) is 3.27. The van der Waals surface area contributed by atoms with Crippen molar-refractivity contribution in [3.63, 3.8) is 0 Å². The van der Waals surface area contributed by atoms with Crippen LogP contribution in [0.15, 0.2) is 0 Å². The predicted octanol–water partition coefficient (Wildman–Crippen LogP) is -0.241. The van der Waals surface area contributed by atoms with Crippen molar-refractivity contribution in [1.29, 1.82) is 0 Å². The average Bonchev–Trinajstić information content (AvgIpc) is 2.55. The molecule has 0 saturated carbocycles. The van der Waals surface area contributed by atoms with Crippen molar-refractivity contribution < 1.29 is 24.2 Å². The quantitative estimate of drug-likeness (QED) is 0.704. The number of fused-ring (bicyclic) bond motifs is 1. The fourth-order valence-electron chi connectivity index (χ4n) is 2.38. The Morgan fingerprint density at radius 3 is 2.61 bits per heavy atom. The summed E-state index contributed by atoms with van der Waals surface area (Å²) < 4.78 is 5.16. The molecule has 0 aromatic rings. The first-order valence-electron chi connectivity index (χ1n) is 5.89. The lowest BCUT2D eigenvalue weighted by molar-refractivity contribution is -0.149. The zero-order valence-electron chi connectivity index (χ0n) is 10.3. The molecule has 2 aliphatic heterocycles. The summed E-state index contributed by atoms with van der Waals surface area (Å²) in [5, 5.41) is 9.18. The van der Waals surface area contributed by atoms with Gasteiger partial charge >= 0.3 is 12.0 Å². The minimum atomic E-state index is -1.16. The highest BCUT2D eigenvalue weighted by Gasteiger charge is 2.51. The van der Waals surface area contributed by atoms with Gasteiger partial charge < -0.3 is 14.7 Å². The van der Waals surface area contributed by atoms with Crippen LogP contribution in [-0.4, -0.2) is 64.7 Å². The molecular formula is C11H16N2O5. The number of imide groups is 1. The maximum absolute atomic E-state index is 12.1. The number of carbonyl (C=O) groups is 3. The maximum atomic E-state index is 12.1. The molecule has 2 aliphatic rings. The van der Waals surface area contributed by atoms with Crippen molar-refractivity contribution in [1.82, 2.24) is 9.80 Å². The largest absolute Gasteiger partial charge is 0.480 e. The van der Waals surface area contributed by atoms with Gasteiger partial charge in [0, 0.05) is 6.54 Å². The Kier molecular flexibility index (Phi) is 3.25. The van der Waals surface area contributed by atoms with E-state index in [4.69, 9.17) is 4.74 Å². The molecule has 2 atom stereocenters. The number of nitrogens with zero attached hydrogens (tertiary/aromatic N) is 2. The van der Waals surface area contributed by atoms with E-state index < -0.39 is 30.0 Å². The van der Waals surface area contributed by atoms with Crippen LogP contribution in [-0.2, 0) is 14.3 Å². The van der Waals surface area contributed by atoms with Gasteiger partial charge in [-0.05, 0) is 5.92 Å². The third-order valence-corrected chi connectivity index (χ3v) is 3.27. The molecule has 2 fully saturated rings. The molecule has 100 valence electrons. The molecule has 0 aliphatic carbocycles. The van der Waals surface area contributed by atoms with Crippen molar-refractivity contribution in [3.8, 4) is 0 Å². The molecule has 2 saturated heterocycles. The first-order chi connectivity index (χ1) is 8.45. The molecule has 2 rings (SSSR count). The van der Waals surface area contributed by atoms with Crippen LogP contribution in [0.4, 0.5) is 4.79 Å². The van der Waals surface area contributed by atoms with E-state index in [-0.39, 0.29) is 12.5 Å². The highest BCUT2D eigenvalue weighted by molar-refractivity contribution is 6.07. The Bertz CT molecular complexity index is 371. The number of carboxylic acids is 1. The van der Waals surface area contributed by atoms with Gasteiger partial charge in [-0.15, -0.1) is 0 Å². The molecule has 1 N–H and O–H groups in total. The third kappa shape index (κ3) is 1.84. The van der Waals surface area contributed by atoms with E-state index in [2.05, 4.69) is 0 Å². The van der Waals surface area contributed by atoms with Crippen molar-refractivity contribution in [2.24, 2.45) is 5.92 Å². The number of ether oxygens (including phenoxy) is 1. The monoisotopic (exact) mass is 256 g/mol. The number of amides is 3. The molecule has 2 unspecified atom stereocenters. The molecule has 7 nitrogen and oxygen atoms in total. The maximum Gasteiger partial charge on any atom is 0.328 e. The van der Waals surface area contributed by atoms with E-state index in [0.29, 0.717) is 13.2 Å². The lowest BCUT2D eigenvalue weighted by Gasteiger charge is -2.27. The standard InChI is InChI=1S/C11H16N2O5/c1-6(2)8(10(15)16)13-9(14)7-5-18-4-3-12(7)11(13)17/h6-8H,3-5H2,1-2H3,(H,15,16). The Balaban J connectivity index is 2.30. The van der Waals surface area contributed by atoms with Gasteiger partial charge in [-0.1, -0.05) is 13.8 Å². The minimum Gasteiger partial charge on any atom is -0.480 e. The smallest absolute Gasteiger partial charge is 0.328 e.